The molecule has 0 saturated heterocycles. The third-order valence-corrected chi connectivity index (χ3v) is 5.14. The quantitative estimate of drug-likeness (QED) is 0.334. The van der Waals surface area contributed by atoms with Crippen LogP contribution >= 0.6 is 11.8 Å². The van der Waals surface area contributed by atoms with Gasteiger partial charge in [-0.2, -0.15) is 4.98 Å². The molecule has 0 atom stereocenters. The maximum atomic E-state index is 13.4. The predicted molar refractivity (Wildman–Crippen MR) is 108 cm³/mol. The first-order chi connectivity index (χ1) is 13.4. The van der Waals surface area contributed by atoms with E-state index in [2.05, 4.69) is 23.8 Å². The van der Waals surface area contributed by atoms with Gasteiger partial charge in [-0.25, -0.2) is 13.8 Å². The molecule has 0 aliphatic heterocycles. The molecule has 0 spiro atoms. The molecule has 28 heavy (non-hydrogen) atoms. The molecule has 6 heteroatoms. The second kappa shape index (κ2) is 9.15. The molecule has 0 fully saturated rings. The Morgan fingerprint density at radius 3 is 2.36 bits per heavy atom. The van der Waals surface area contributed by atoms with Gasteiger partial charge in [-0.3, -0.25) is 0 Å². The molecule has 3 nitrogen and oxygen atoms in total. The van der Waals surface area contributed by atoms with Crippen molar-refractivity contribution in [2.75, 3.05) is 0 Å². The fraction of sp³-hybridized carbons (Fsp3) is 0.273. The lowest BCUT2D eigenvalue weighted by Gasteiger charge is -2.10. The molecule has 0 saturated carbocycles. The fourth-order valence-corrected chi connectivity index (χ4v) is 3.38. The average Bonchev–Trinajstić information content (AvgIpc) is 2.69. The van der Waals surface area contributed by atoms with Crippen molar-refractivity contribution in [2.45, 2.75) is 44.0 Å². The number of aryl methyl sites for hydroxylation is 1. The summed E-state index contributed by atoms with van der Waals surface area (Å²) in [4.78, 5) is 8.94. The van der Waals surface area contributed by atoms with E-state index < -0.39 is 11.6 Å². The lowest BCUT2D eigenvalue weighted by molar-refractivity contribution is 0.453. The van der Waals surface area contributed by atoms with Gasteiger partial charge < -0.3 is 4.74 Å². The Hall–Kier alpha value is -2.47. The van der Waals surface area contributed by atoms with Gasteiger partial charge in [0.15, 0.2) is 16.8 Å². The molecular weight excluding hydrogens is 378 g/mol. The van der Waals surface area contributed by atoms with Gasteiger partial charge in [-0.1, -0.05) is 50.7 Å². The molecular formula is C22H22F2N2OS. The van der Waals surface area contributed by atoms with Crippen LogP contribution in [0, 0.1) is 11.6 Å². The van der Waals surface area contributed by atoms with Crippen molar-refractivity contribution in [2.24, 2.45) is 0 Å². The SMILES string of the molecule is CCc1cc(Oc2ccc(C(C)C)cc2)nc(SCc2ccc(F)c(F)c2)n1. The third-order valence-electron chi connectivity index (χ3n) is 4.22. The smallest absolute Gasteiger partial charge is 0.223 e. The average molecular weight is 400 g/mol. The van der Waals surface area contributed by atoms with Gasteiger partial charge in [0.2, 0.25) is 5.88 Å². The standard InChI is InChI=1S/C22H22F2N2OS/c1-4-17-12-21(27-18-8-6-16(7-9-18)14(2)3)26-22(25-17)28-13-15-5-10-19(23)20(24)11-15/h5-12,14H,4,13H2,1-3H3. The van der Waals surface area contributed by atoms with Gasteiger partial charge in [0, 0.05) is 17.5 Å². The molecule has 0 radical (unpaired) electrons. The number of hydrogen-bond acceptors (Lipinski definition) is 4. The number of nitrogens with zero attached hydrogens (tertiary/aromatic N) is 2. The van der Waals surface area contributed by atoms with E-state index in [1.54, 1.807) is 6.07 Å². The van der Waals surface area contributed by atoms with E-state index in [1.807, 2.05) is 37.3 Å². The van der Waals surface area contributed by atoms with E-state index in [-0.39, 0.29) is 0 Å². The summed E-state index contributed by atoms with van der Waals surface area (Å²) in [7, 11) is 0. The molecule has 0 aliphatic carbocycles. The monoisotopic (exact) mass is 400 g/mol. The number of benzene rings is 2. The number of halogens is 2. The first kappa shape index (κ1) is 20.3. The largest absolute Gasteiger partial charge is 0.439 e. The number of rotatable bonds is 7. The van der Waals surface area contributed by atoms with Crippen molar-refractivity contribution < 1.29 is 13.5 Å². The summed E-state index contributed by atoms with van der Waals surface area (Å²) in [5.41, 5.74) is 2.77. The highest BCUT2D eigenvalue weighted by Gasteiger charge is 2.09. The summed E-state index contributed by atoms with van der Waals surface area (Å²) < 4.78 is 32.3. The maximum absolute atomic E-state index is 13.4. The van der Waals surface area contributed by atoms with Gasteiger partial charge in [0.1, 0.15) is 5.75 Å². The van der Waals surface area contributed by atoms with Crippen molar-refractivity contribution in [1.29, 1.82) is 0 Å². The van der Waals surface area contributed by atoms with E-state index >= 15 is 0 Å². The summed E-state index contributed by atoms with van der Waals surface area (Å²) in [6, 6.07) is 13.6. The summed E-state index contributed by atoms with van der Waals surface area (Å²) in [6.45, 7) is 6.29. The van der Waals surface area contributed by atoms with Gasteiger partial charge in [0.25, 0.3) is 0 Å². The van der Waals surface area contributed by atoms with Gasteiger partial charge in [-0.05, 0) is 47.7 Å². The van der Waals surface area contributed by atoms with Crippen LogP contribution in [0.25, 0.3) is 0 Å². The van der Waals surface area contributed by atoms with Crippen LogP contribution in [0.15, 0.2) is 53.7 Å². The van der Waals surface area contributed by atoms with Gasteiger partial charge >= 0.3 is 0 Å². The van der Waals surface area contributed by atoms with Crippen LogP contribution in [0.1, 0.15) is 43.5 Å². The second-order valence-corrected chi connectivity index (χ2v) is 7.64. The highest BCUT2D eigenvalue weighted by molar-refractivity contribution is 7.98. The molecule has 0 N–H and O–H groups in total. The Balaban J connectivity index is 1.74. The summed E-state index contributed by atoms with van der Waals surface area (Å²) >= 11 is 1.36. The Morgan fingerprint density at radius 1 is 0.964 bits per heavy atom. The number of hydrogen-bond donors (Lipinski definition) is 0. The Labute approximate surface area is 168 Å². The molecule has 0 unspecified atom stereocenters. The molecule has 0 aliphatic rings. The molecule has 0 bridgehead atoms. The van der Waals surface area contributed by atoms with Crippen LogP contribution in [0.5, 0.6) is 11.6 Å². The van der Waals surface area contributed by atoms with E-state index in [9.17, 15) is 8.78 Å². The van der Waals surface area contributed by atoms with Crippen LogP contribution in [-0.2, 0) is 12.2 Å². The van der Waals surface area contributed by atoms with E-state index in [4.69, 9.17) is 4.74 Å². The van der Waals surface area contributed by atoms with E-state index in [1.165, 1.54) is 23.4 Å². The lowest BCUT2D eigenvalue weighted by atomic mass is 10.0. The Morgan fingerprint density at radius 2 is 1.71 bits per heavy atom. The molecule has 1 aromatic heterocycles. The molecule has 146 valence electrons. The molecule has 3 rings (SSSR count). The maximum Gasteiger partial charge on any atom is 0.223 e. The minimum atomic E-state index is -0.852. The lowest BCUT2D eigenvalue weighted by Crippen LogP contribution is -1.98. The second-order valence-electron chi connectivity index (χ2n) is 6.70. The van der Waals surface area contributed by atoms with E-state index in [0.29, 0.717) is 34.0 Å². The third kappa shape index (κ3) is 5.29. The zero-order valence-corrected chi connectivity index (χ0v) is 16.9. The van der Waals surface area contributed by atoms with Crippen molar-refractivity contribution >= 4 is 11.8 Å². The predicted octanol–water partition coefficient (Wildman–Crippen LogP) is 6.53. The minimum Gasteiger partial charge on any atom is -0.439 e. The number of thioether (sulfide) groups is 1. The van der Waals surface area contributed by atoms with Crippen LogP contribution in [0.3, 0.4) is 0 Å². The highest BCUT2D eigenvalue weighted by Crippen LogP contribution is 2.27. The molecule has 3 aromatic rings. The number of ether oxygens (including phenoxy) is 1. The molecule has 0 amide bonds. The summed E-state index contributed by atoms with van der Waals surface area (Å²) in [5.74, 6) is 0.373. The zero-order chi connectivity index (χ0) is 20.1. The molecule has 2 aromatic carbocycles. The van der Waals surface area contributed by atoms with Crippen LogP contribution in [-0.4, -0.2) is 9.97 Å². The van der Waals surface area contributed by atoms with Crippen LogP contribution in [0.4, 0.5) is 8.78 Å². The summed E-state index contributed by atoms with van der Waals surface area (Å²) in [6.07, 6.45) is 0.740. The topological polar surface area (TPSA) is 35.0 Å². The summed E-state index contributed by atoms with van der Waals surface area (Å²) in [5, 5.41) is 0.540. The highest BCUT2D eigenvalue weighted by atomic mass is 32.2. The van der Waals surface area contributed by atoms with Crippen molar-refractivity contribution in [3.05, 3.63) is 77.0 Å². The minimum absolute atomic E-state index is 0.437. The first-order valence-electron chi connectivity index (χ1n) is 9.17. The number of aromatic nitrogens is 2. The Bertz CT molecular complexity index is 946. The van der Waals surface area contributed by atoms with E-state index in [0.717, 1.165) is 18.2 Å². The van der Waals surface area contributed by atoms with Crippen molar-refractivity contribution in [1.82, 2.24) is 9.97 Å². The van der Waals surface area contributed by atoms with Crippen molar-refractivity contribution in [3.8, 4) is 11.6 Å². The van der Waals surface area contributed by atoms with Crippen LogP contribution < -0.4 is 4.74 Å². The van der Waals surface area contributed by atoms with Crippen molar-refractivity contribution in [3.63, 3.8) is 0 Å². The normalized spacial score (nSPS) is 11.1. The van der Waals surface area contributed by atoms with Gasteiger partial charge in [-0.15, -0.1) is 0 Å². The molecule has 1 heterocycles. The Kier molecular flexibility index (Phi) is 6.62. The zero-order valence-electron chi connectivity index (χ0n) is 16.1. The van der Waals surface area contributed by atoms with Gasteiger partial charge in [0.05, 0.1) is 0 Å². The van der Waals surface area contributed by atoms with Crippen LogP contribution in [0.2, 0.25) is 0 Å². The first-order valence-corrected chi connectivity index (χ1v) is 10.2. The fourth-order valence-electron chi connectivity index (χ4n) is 2.57.